The summed E-state index contributed by atoms with van der Waals surface area (Å²) in [6, 6.07) is 12.7. The maximum absolute atomic E-state index is 12.4. The lowest BCUT2D eigenvalue weighted by Gasteiger charge is -2.13. The lowest BCUT2D eigenvalue weighted by molar-refractivity contribution is -0.111. The fraction of sp³-hybridized carbons (Fsp3) is 0.304. The number of carbonyl (C=O) groups excluding carboxylic acids is 2. The van der Waals surface area contributed by atoms with Crippen LogP contribution in [0, 0.1) is 5.92 Å². The molecule has 0 atom stereocenters. The van der Waals surface area contributed by atoms with Gasteiger partial charge in [0.05, 0.1) is 19.4 Å². The number of benzene rings is 2. The maximum Gasteiger partial charge on any atom is 0.286 e. The minimum atomic E-state index is -0.292. The molecule has 0 heterocycles. The third-order valence-electron chi connectivity index (χ3n) is 3.89. The van der Waals surface area contributed by atoms with Gasteiger partial charge in [-0.15, -0.1) is 0 Å². The Labute approximate surface area is 182 Å². The molecule has 0 saturated carbocycles. The quantitative estimate of drug-likeness (QED) is 0.465. The first kappa shape index (κ1) is 23.3. The molecular weight excluding hydrogens is 400 g/mol. The van der Waals surface area contributed by atoms with Crippen molar-refractivity contribution in [2.75, 3.05) is 33.1 Å². The number of hydrogen-bond acceptors (Lipinski definition) is 5. The Morgan fingerprint density at radius 3 is 2.53 bits per heavy atom. The van der Waals surface area contributed by atoms with E-state index in [-0.39, 0.29) is 11.1 Å². The third kappa shape index (κ3) is 7.15. The number of hydrogen-bond donors (Lipinski definition) is 1. The van der Waals surface area contributed by atoms with Crippen molar-refractivity contribution < 1.29 is 19.1 Å². The molecule has 30 heavy (non-hydrogen) atoms. The summed E-state index contributed by atoms with van der Waals surface area (Å²) in [7, 11) is 4.96. The molecule has 0 radical (unpaired) electrons. The molecule has 0 spiro atoms. The van der Waals surface area contributed by atoms with Crippen molar-refractivity contribution in [2.24, 2.45) is 5.92 Å². The zero-order valence-corrected chi connectivity index (χ0v) is 18.8. The largest absolute Gasteiger partial charge is 0.493 e. The minimum absolute atomic E-state index is 0.112. The van der Waals surface area contributed by atoms with Crippen molar-refractivity contribution in [3.63, 3.8) is 0 Å². The summed E-state index contributed by atoms with van der Waals surface area (Å²) in [5.74, 6) is 1.40. The Hall–Kier alpha value is -2.93. The number of thioether (sulfide) groups is 1. The minimum Gasteiger partial charge on any atom is -0.493 e. The van der Waals surface area contributed by atoms with Crippen molar-refractivity contribution >= 4 is 34.7 Å². The number of rotatable bonds is 8. The lowest BCUT2D eigenvalue weighted by atomic mass is 10.2. The first-order valence-electron chi connectivity index (χ1n) is 9.58. The molecule has 2 amide bonds. The second-order valence-corrected chi connectivity index (χ2v) is 8.19. The van der Waals surface area contributed by atoms with Gasteiger partial charge in [0.2, 0.25) is 5.91 Å². The molecule has 6 nitrogen and oxygen atoms in total. The van der Waals surface area contributed by atoms with E-state index in [4.69, 9.17) is 9.47 Å². The van der Waals surface area contributed by atoms with Crippen molar-refractivity contribution in [1.82, 2.24) is 4.90 Å². The van der Waals surface area contributed by atoms with Gasteiger partial charge in [-0.2, -0.15) is 0 Å². The first-order chi connectivity index (χ1) is 14.3. The van der Waals surface area contributed by atoms with Crippen LogP contribution in [0.5, 0.6) is 11.5 Å². The van der Waals surface area contributed by atoms with Crippen LogP contribution in [0.15, 0.2) is 53.4 Å². The summed E-state index contributed by atoms with van der Waals surface area (Å²) in [6.07, 6.45) is 3.14. The average molecular weight is 429 g/mol. The van der Waals surface area contributed by atoms with E-state index in [0.717, 1.165) is 17.3 Å². The molecule has 0 fully saturated rings. The van der Waals surface area contributed by atoms with Crippen LogP contribution in [-0.2, 0) is 4.79 Å². The summed E-state index contributed by atoms with van der Waals surface area (Å²) in [4.78, 5) is 26.5. The lowest BCUT2D eigenvalue weighted by Crippen LogP contribution is -2.16. The standard InChI is InChI=1S/C23H28N2O4S/c1-16(2)15-29-19-12-10-17(14-20(19)28-5)11-13-22(26)24-18-8-6-7-9-21(18)30-23(27)25(3)4/h6-14,16H,15H2,1-5H3,(H,24,26)/b13-11+. The van der Waals surface area contributed by atoms with Crippen LogP contribution in [-0.4, -0.2) is 43.9 Å². The average Bonchev–Trinajstić information content (AvgIpc) is 2.72. The highest BCUT2D eigenvalue weighted by molar-refractivity contribution is 8.13. The topological polar surface area (TPSA) is 67.9 Å². The van der Waals surface area contributed by atoms with Crippen LogP contribution in [0.1, 0.15) is 19.4 Å². The Morgan fingerprint density at radius 2 is 1.87 bits per heavy atom. The molecular formula is C23H28N2O4S. The molecule has 0 aromatic heterocycles. The van der Waals surface area contributed by atoms with Gasteiger partial charge in [-0.25, -0.2) is 0 Å². The van der Waals surface area contributed by atoms with Crippen molar-refractivity contribution in [3.05, 3.63) is 54.1 Å². The summed E-state index contributed by atoms with van der Waals surface area (Å²) < 4.78 is 11.1. The highest BCUT2D eigenvalue weighted by Gasteiger charge is 2.12. The molecule has 1 N–H and O–H groups in total. The van der Waals surface area contributed by atoms with E-state index < -0.39 is 0 Å². The van der Waals surface area contributed by atoms with Crippen LogP contribution >= 0.6 is 11.8 Å². The van der Waals surface area contributed by atoms with Gasteiger partial charge in [0.15, 0.2) is 11.5 Å². The second-order valence-electron chi connectivity index (χ2n) is 7.20. The highest BCUT2D eigenvalue weighted by Crippen LogP contribution is 2.30. The number of ether oxygens (including phenoxy) is 2. The van der Waals surface area contributed by atoms with Crippen LogP contribution in [0.3, 0.4) is 0 Å². The zero-order valence-electron chi connectivity index (χ0n) is 18.0. The number of para-hydroxylation sites is 1. The number of nitrogens with zero attached hydrogens (tertiary/aromatic N) is 1. The highest BCUT2D eigenvalue weighted by atomic mass is 32.2. The molecule has 2 rings (SSSR count). The molecule has 0 aliphatic heterocycles. The van der Waals surface area contributed by atoms with Gasteiger partial charge in [-0.05, 0) is 53.6 Å². The molecule has 0 aliphatic rings. The monoisotopic (exact) mass is 428 g/mol. The number of nitrogens with one attached hydrogen (secondary N) is 1. The summed E-state index contributed by atoms with van der Waals surface area (Å²) in [5.41, 5.74) is 1.40. The van der Waals surface area contributed by atoms with Gasteiger partial charge in [-0.1, -0.05) is 32.0 Å². The van der Waals surface area contributed by atoms with E-state index in [1.807, 2.05) is 30.3 Å². The molecule has 2 aromatic carbocycles. The molecule has 0 aliphatic carbocycles. The predicted octanol–water partition coefficient (Wildman–Crippen LogP) is 5.16. The fourth-order valence-corrected chi connectivity index (χ4v) is 3.10. The van der Waals surface area contributed by atoms with Crippen LogP contribution < -0.4 is 14.8 Å². The van der Waals surface area contributed by atoms with Crippen molar-refractivity contribution in [1.29, 1.82) is 0 Å². The molecule has 2 aromatic rings. The van der Waals surface area contributed by atoms with Crippen LogP contribution in [0.2, 0.25) is 0 Å². The van der Waals surface area contributed by atoms with Crippen LogP contribution in [0.4, 0.5) is 10.5 Å². The Bertz CT molecular complexity index is 910. The molecule has 160 valence electrons. The SMILES string of the molecule is COc1cc(/C=C/C(=O)Nc2ccccc2SC(=O)N(C)C)ccc1OCC(C)C. The third-order valence-corrected chi connectivity index (χ3v) is 5.01. The Kier molecular flexibility index (Phi) is 8.80. The van der Waals surface area contributed by atoms with Crippen LogP contribution in [0.25, 0.3) is 6.08 Å². The van der Waals surface area contributed by atoms with E-state index in [0.29, 0.717) is 34.6 Å². The first-order valence-corrected chi connectivity index (χ1v) is 10.4. The Balaban J connectivity index is 2.07. The van der Waals surface area contributed by atoms with E-state index in [1.165, 1.54) is 11.0 Å². The molecule has 0 saturated heterocycles. The Morgan fingerprint density at radius 1 is 1.13 bits per heavy atom. The van der Waals surface area contributed by atoms with E-state index >= 15 is 0 Å². The number of carbonyl (C=O) groups is 2. The van der Waals surface area contributed by atoms with Gasteiger partial charge in [-0.3, -0.25) is 9.59 Å². The van der Waals surface area contributed by atoms with Gasteiger partial charge >= 0.3 is 0 Å². The number of methoxy groups -OCH3 is 1. The van der Waals surface area contributed by atoms with Crippen molar-refractivity contribution in [3.8, 4) is 11.5 Å². The summed E-state index contributed by atoms with van der Waals surface area (Å²) in [6.45, 7) is 4.76. The molecule has 0 unspecified atom stereocenters. The molecule has 0 bridgehead atoms. The van der Waals surface area contributed by atoms with E-state index in [9.17, 15) is 9.59 Å². The fourth-order valence-electron chi connectivity index (χ4n) is 2.35. The van der Waals surface area contributed by atoms with E-state index in [1.54, 1.807) is 39.4 Å². The van der Waals surface area contributed by atoms with Gasteiger partial charge in [0.1, 0.15) is 0 Å². The summed E-state index contributed by atoms with van der Waals surface area (Å²) >= 11 is 1.07. The normalized spacial score (nSPS) is 10.9. The van der Waals surface area contributed by atoms with Gasteiger partial charge in [0, 0.05) is 25.1 Å². The predicted molar refractivity (Wildman–Crippen MR) is 122 cm³/mol. The number of amides is 2. The van der Waals surface area contributed by atoms with Gasteiger partial charge in [0.25, 0.3) is 5.24 Å². The zero-order chi connectivity index (χ0) is 22.1. The summed E-state index contributed by atoms with van der Waals surface area (Å²) in [5, 5.41) is 2.71. The van der Waals surface area contributed by atoms with E-state index in [2.05, 4.69) is 19.2 Å². The number of anilines is 1. The van der Waals surface area contributed by atoms with Crippen molar-refractivity contribution in [2.45, 2.75) is 18.7 Å². The second kappa shape index (κ2) is 11.3. The van der Waals surface area contributed by atoms with Gasteiger partial charge < -0.3 is 19.7 Å². The molecule has 7 heteroatoms. The smallest absolute Gasteiger partial charge is 0.286 e. The maximum atomic E-state index is 12.4.